The van der Waals surface area contributed by atoms with Gasteiger partial charge in [0.1, 0.15) is 18.2 Å². The maximum absolute atomic E-state index is 5.96. The van der Waals surface area contributed by atoms with Crippen LogP contribution in [-0.4, -0.2) is 39.2 Å². The normalized spacial score (nSPS) is 13.2. The molecule has 0 spiro atoms. The van der Waals surface area contributed by atoms with E-state index >= 15 is 0 Å². The highest BCUT2D eigenvalue weighted by Gasteiger charge is 2.15. The lowest BCUT2D eigenvalue weighted by Gasteiger charge is -2.14. The van der Waals surface area contributed by atoms with Gasteiger partial charge in [0.25, 0.3) is 0 Å². The second-order valence-corrected chi connectivity index (χ2v) is 6.83. The summed E-state index contributed by atoms with van der Waals surface area (Å²) in [7, 11) is 1.68. The predicted octanol–water partition coefficient (Wildman–Crippen LogP) is 4.37. The summed E-state index contributed by atoms with van der Waals surface area (Å²) in [6, 6.07) is 15.1. The van der Waals surface area contributed by atoms with Crippen molar-refractivity contribution in [3.05, 3.63) is 53.4 Å². The van der Waals surface area contributed by atoms with Crippen LogP contribution in [0.5, 0.6) is 5.75 Å². The van der Waals surface area contributed by atoms with Crippen LogP contribution in [-0.2, 0) is 4.74 Å². The van der Waals surface area contributed by atoms with Crippen LogP contribution in [0.2, 0.25) is 0 Å². The van der Waals surface area contributed by atoms with Crippen molar-refractivity contribution in [2.45, 2.75) is 0 Å². The number of benzene rings is 2. The smallest absolute Gasteiger partial charge is 0.132 e. The highest BCUT2D eigenvalue weighted by Crippen LogP contribution is 2.32. The maximum Gasteiger partial charge on any atom is 0.132 e. The molecule has 0 saturated heterocycles. The number of halogens is 1. The molecule has 4 nitrogen and oxygen atoms in total. The molecule has 3 aromatic rings. The fourth-order valence-electron chi connectivity index (χ4n) is 2.99. The summed E-state index contributed by atoms with van der Waals surface area (Å²) in [4.78, 5) is 5.85. The van der Waals surface area contributed by atoms with Crippen LogP contribution < -0.4 is 10.1 Å². The molecule has 0 aliphatic carbocycles. The molecule has 0 atom stereocenters. The quantitative estimate of drug-likeness (QED) is 0.638. The van der Waals surface area contributed by atoms with Crippen LogP contribution in [0.4, 0.5) is 0 Å². The molecule has 0 saturated carbocycles. The SMILES string of the molecule is COCCOc1cc2ccc(-c3cccs3)cc2cc1C1=NCCN1.Cl. The van der Waals surface area contributed by atoms with E-state index in [-0.39, 0.29) is 12.4 Å². The summed E-state index contributed by atoms with van der Waals surface area (Å²) in [6.07, 6.45) is 0. The number of aliphatic imine (C=N–C) groups is 1. The minimum absolute atomic E-state index is 0. The summed E-state index contributed by atoms with van der Waals surface area (Å²) in [6.45, 7) is 2.77. The summed E-state index contributed by atoms with van der Waals surface area (Å²) >= 11 is 1.76. The highest BCUT2D eigenvalue weighted by molar-refractivity contribution is 7.13. The minimum atomic E-state index is 0. The largest absolute Gasteiger partial charge is 0.490 e. The molecule has 26 heavy (non-hydrogen) atoms. The Kier molecular flexibility index (Phi) is 6.14. The van der Waals surface area contributed by atoms with Crippen LogP contribution in [0.1, 0.15) is 5.56 Å². The monoisotopic (exact) mass is 388 g/mol. The van der Waals surface area contributed by atoms with Crippen LogP contribution in [0, 0.1) is 0 Å². The molecule has 2 aromatic carbocycles. The first-order chi connectivity index (χ1) is 12.3. The number of fused-ring (bicyclic) bond motifs is 1. The summed E-state index contributed by atoms with van der Waals surface area (Å²) in [5.41, 5.74) is 2.26. The van der Waals surface area contributed by atoms with Crippen molar-refractivity contribution in [3.8, 4) is 16.2 Å². The molecule has 6 heteroatoms. The van der Waals surface area contributed by atoms with E-state index in [1.54, 1.807) is 18.4 Å². The van der Waals surface area contributed by atoms with E-state index < -0.39 is 0 Å². The Morgan fingerprint density at radius 2 is 2.04 bits per heavy atom. The second kappa shape index (κ2) is 8.54. The van der Waals surface area contributed by atoms with Crippen molar-refractivity contribution in [1.29, 1.82) is 0 Å². The van der Waals surface area contributed by atoms with E-state index in [4.69, 9.17) is 9.47 Å². The van der Waals surface area contributed by atoms with Crippen LogP contribution in [0.25, 0.3) is 21.2 Å². The molecule has 4 rings (SSSR count). The molecule has 0 unspecified atom stereocenters. The molecule has 0 bridgehead atoms. The van der Waals surface area contributed by atoms with Gasteiger partial charge in [-0.25, -0.2) is 0 Å². The third kappa shape index (κ3) is 3.85. The highest BCUT2D eigenvalue weighted by atomic mass is 35.5. The number of rotatable bonds is 6. The molecule has 1 N–H and O–H groups in total. The predicted molar refractivity (Wildman–Crippen MR) is 111 cm³/mol. The lowest BCUT2D eigenvalue weighted by molar-refractivity contribution is 0.146. The van der Waals surface area contributed by atoms with Crippen molar-refractivity contribution in [1.82, 2.24) is 5.32 Å². The molecule has 1 aliphatic rings. The van der Waals surface area contributed by atoms with Gasteiger partial charge >= 0.3 is 0 Å². The topological polar surface area (TPSA) is 42.9 Å². The van der Waals surface area contributed by atoms with Gasteiger partial charge in [-0.3, -0.25) is 4.99 Å². The average molecular weight is 389 g/mol. The molecule has 1 aromatic heterocycles. The van der Waals surface area contributed by atoms with Crippen molar-refractivity contribution < 1.29 is 9.47 Å². The van der Waals surface area contributed by atoms with Crippen LogP contribution >= 0.6 is 23.7 Å². The summed E-state index contributed by atoms with van der Waals surface area (Å²) < 4.78 is 11.1. The van der Waals surface area contributed by atoms with E-state index in [0.29, 0.717) is 13.2 Å². The maximum atomic E-state index is 5.96. The van der Waals surface area contributed by atoms with Crippen molar-refractivity contribution in [2.24, 2.45) is 4.99 Å². The van der Waals surface area contributed by atoms with Gasteiger partial charge < -0.3 is 14.8 Å². The standard InChI is InChI=1S/C20H20N2O2S.ClH/c1-23-8-9-24-18-13-14-4-5-15(19-3-2-10-25-19)11-16(14)12-17(18)20-21-6-7-22-20;/h2-5,10-13H,6-9H2,1H3,(H,21,22);1H. The molecule has 2 heterocycles. The Labute approximate surface area is 163 Å². The van der Waals surface area contributed by atoms with E-state index in [2.05, 4.69) is 58.2 Å². The molecule has 0 fully saturated rings. The number of methoxy groups -OCH3 is 1. The number of ether oxygens (including phenoxy) is 2. The first-order valence-electron chi connectivity index (χ1n) is 8.37. The second-order valence-electron chi connectivity index (χ2n) is 5.89. The Morgan fingerprint density at radius 1 is 1.12 bits per heavy atom. The van der Waals surface area contributed by atoms with Crippen molar-refractivity contribution in [2.75, 3.05) is 33.4 Å². The van der Waals surface area contributed by atoms with E-state index in [9.17, 15) is 0 Å². The number of thiophene rings is 1. The zero-order valence-electron chi connectivity index (χ0n) is 14.5. The van der Waals surface area contributed by atoms with E-state index in [1.807, 2.05) is 0 Å². The number of nitrogens with one attached hydrogen (secondary N) is 1. The Bertz CT molecular complexity index is 910. The molecule has 0 radical (unpaired) electrons. The van der Waals surface area contributed by atoms with Crippen molar-refractivity contribution >= 4 is 40.4 Å². The zero-order chi connectivity index (χ0) is 17.1. The molecular formula is C20H21ClN2O2S. The number of nitrogens with zero attached hydrogens (tertiary/aromatic N) is 1. The van der Waals surface area contributed by atoms with Gasteiger partial charge in [0, 0.05) is 18.5 Å². The molecule has 136 valence electrons. The van der Waals surface area contributed by atoms with Gasteiger partial charge in [-0.2, -0.15) is 0 Å². The third-order valence-corrected chi connectivity index (χ3v) is 5.14. The molecule has 0 amide bonds. The Morgan fingerprint density at radius 3 is 2.77 bits per heavy atom. The average Bonchev–Trinajstić information content (AvgIpc) is 3.34. The lowest BCUT2D eigenvalue weighted by atomic mass is 10.0. The summed E-state index contributed by atoms with van der Waals surface area (Å²) in [5, 5.41) is 7.81. The fourth-order valence-corrected chi connectivity index (χ4v) is 3.71. The first kappa shape index (κ1) is 18.7. The van der Waals surface area contributed by atoms with E-state index in [0.717, 1.165) is 35.6 Å². The first-order valence-corrected chi connectivity index (χ1v) is 9.25. The van der Waals surface area contributed by atoms with Gasteiger partial charge in [0.05, 0.1) is 18.7 Å². The zero-order valence-corrected chi connectivity index (χ0v) is 16.2. The Hall–Kier alpha value is -2.08. The van der Waals surface area contributed by atoms with E-state index in [1.165, 1.54) is 15.8 Å². The van der Waals surface area contributed by atoms with Gasteiger partial charge in [-0.1, -0.05) is 18.2 Å². The fraction of sp³-hybridized carbons (Fsp3) is 0.250. The molecular weight excluding hydrogens is 368 g/mol. The number of amidine groups is 1. The van der Waals surface area contributed by atoms with Crippen LogP contribution in [0.3, 0.4) is 0 Å². The Balaban J connectivity index is 0.00000196. The van der Waals surface area contributed by atoms with Gasteiger partial charge in [-0.05, 0) is 46.0 Å². The minimum Gasteiger partial charge on any atom is -0.490 e. The van der Waals surface area contributed by atoms with Gasteiger partial charge in [0.15, 0.2) is 0 Å². The van der Waals surface area contributed by atoms with Gasteiger partial charge in [-0.15, -0.1) is 23.7 Å². The number of hydrogen-bond donors (Lipinski definition) is 1. The third-order valence-electron chi connectivity index (χ3n) is 4.22. The van der Waals surface area contributed by atoms with Crippen molar-refractivity contribution in [3.63, 3.8) is 0 Å². The molecule has 1 aliphatic heterocycles. The summed E-state index contributed by atoms with van der Waals surface area (Å²) in [5.74, 6) is 1.76. The van der Waals surface area contributed by atoms with Gasteiger partial charge in [0.2, 0.25) is 0 Å². The lowest BCUT2D eigenvalue weighted by Crippen LogP contribution is -2.20. The number of hydrogen-bond acceptors (Lipinski definition) is 5. The van der Waals surface area contributed by atoms with Crippen LogP contribution in [0.15, 0.2) is 52.8 Å².